The van der Waals surface area contributed by atoms with Crippen LogP contribution in [0.15, 0.2) is 34.9 Å². The van der Waals surface area contributed by atoms with Crippen molar-refractivity contribution in [2.75, 3.05) is 25.1 Å². The van der Waals surface area contributed by atoms with E-state index in [-0.39, 0.29) is 6.04 Å². The van der Waals surface area contributed by atoms with Gasteiger partial charge in [0.15, 0.2) is 0 Å². The monoisotopic (exact) mass is 258 g/mol. The summed E-state index contributed by atoms with van der Waals surface area (Å²) in [6, 6.07) is 7.95. The van der Waals surface area contributed by atoms with Crippen LogP contribution < -0.4 is 16.1 Å². The zero-order chi connectivity index (χ0) is 13.1. The van der Waals surface area contributed by atoms with Crippen molar-refractivity contribution in [1.82, 2.24) is 10.6 Å². The first-order chi connectivity index (χ1) is 9.34. The number of piperazine rings is 1. The van der Waals surface area contributed by atoms with Crippen LogP contribution in [0.25, 0.3) is 6.08 Å². The Hall–Kier alpha value is -1.69. The number of para-hydroxylation sites is 1. The van der Waals surface area contributed by atoms with Crippen molar-refractivity contribution in [3.05, 3.63) is 35.4 Å². The van der Waals surface area contributed by atoms with Crippen LogP contribution in [0, 0.1) is 0 Å². The molecule has 2 unspecified atom stereocenters. The summed E-state index contributed by atoms with van der Waals surface area (Å²) in [6.45, 7) is 2.59. The van der Waals surface area contributed by atoms with Crippen LogP contribution >= 0.6 is 0 Å². The van der Waals surface area contributed by atoms with Crippen molar-refractivity contribution in [2.45, 2.75) is 12.1 Å². The maximum atomic E-state index is 10.5. The summed E-state index contributed by atoms with van der Waals surface area (Å²) in [6.07, 6.45) is 3.12. The molecule has 0 amide bonds. The van der Waals surface area contributed by atoms with Crippen molar-refractivity contribution >= 4 is 18.0 Å². The van der Waals surface area contributed by atoms with Crippen LogP contribution in [0.2, 0.25) is 0 Å². The first-order valence-electron chi connectivity index (χ1n) is 6.56. The number of hydrazone groups is 1. The van der Waals surface area contributed by atoms with Crippen LogP contribution in [0.5, 0.6) is 0 Å². The molecule has 19 heavy (non-hydrogen) atoms. The van der Waals surface area contributed by atoms with E-state index in [0.29, 0.717) is 0 Å². The van der Waals surface area contributed by atoms with Crippen molar-refractivity contribution in [2.24, 2.45) is 5.10 Å². The van der Waals surface area contributed by atoms with Gasteiger partial charge in [-0.3, -0.25) is 5.43 Å². The number of aliphatic hydroxyl groups is 1. The predicted molar refractivity (Wildman–Crippen MR) is 77.2 cm³/mol. The molecule has 2 atom stereocenters. The van der Waals surface area contributed by atoms with Gasteiger partial charge in [0.05, 0.1) is 18.0 Å². The third-order valence-electron chi connectivity index (χ3n) is 3.48. The number of anilines is 1. The summed E-state index contributed by atoms with van der Waals surface area (Å²) in [5, 5.41) is 21.2. The fraction of sp³-hybridized carbons (Fsp3) is 0.357. The molecule has 5 nitrogen and oxygen atoms in total. The van der Waals surface area contributed by atoms with Crippen molar-refractivity contribution in [1.29, 1.82) is 0 Å². The van der Waals surface area contributed by atoms with E-state index in [0.717, 1.165) is 36.5 Å². The molecule has 2 aliphatic heterocycles. The molecule has 0 saturated carbocycles. The van der Waals surface area contributed by atoms with Gasteiger partial charge in [-0.25, -0.2) is 0 Å². The van der Waals surface area contributed by atoms with Crippen LogP contribution in [0.3, 0.4) is 0 Å². The molecular weight excluding hydrogens is 240 g/mol. The summed E-state index contributed by atoms with van der Waals surface area (Å²) in [4.78, 5) is 0. The van der Waals surface area contributed by atoms with E-state index in [2.05, 4.69) is 21.2 Å². The van der Waals surface area contributed by atoms with Gasteiger partial charge in [0, 0.05) is 31.2 Å². The molecule has 0 aromatic heterocycles. The molecule has 100 valence electrons. The fourth-order valence-electron chi connectivity index (χ4n) is 2.41. The van der Waals surface area contributed by atoms with Gasteiger partial charge in [-0.15, -0.1) is 0 Å². The second-order valence-electron chi connectivity index (χ2n) is 4.81. The van der Waals surface area contributed by atoms with Gasteiger partial charge in [-0.05, 0) is 17.7 Å². The first kappa shape index (κ1) is 12.3. The highest BCUT2D eigenvalue weighted by molar-refractivity contribution is 5.91. The van der Waals surface area contributed by atoms with Gasteiger partial charge in [0.25, 0.3) is 0 Å². The molecule has 1 aromatic rings. The number of rotatable bonds is 2. The maximum absolute atomic E-state index is 10.5. The van der Waals surface area contributed by atoms with Gasteiger partial charge < -0.3 is 15.7 Å². The van der Waals surface area contributed by atoms with Crippen LogP contribution in [0.1, 0.15) is 5.56 Å². The molecule has 1 fully saturated rings. The lowest BCUT2D eigenvalue weighted by atomic mass is 9.99. The largest absolute Gasteiger partial charge is 0.387 e. The predicted octanol–water partition coefficient (Wildman–Crippen LogP) is 0.404. The Morgan fingerprint density at radius 1 is 1.26 bits per heavy atom. The van der Waals surface area contributed by atoms with Crippen molar-refractivity contribution < 1.29 is 5.11 Å². The normalized spacial score (nSPS) is 23.8. The Balaban J connectivity index is 1.85. The van der Waals surface area contributed by atoms with Gasteiger partial charge in [0.1, 0.15) is 0 Å². The zero-order valence-corrected chi connectivity index (χ0v) is 10.6. The molecule has 0 spiro atoms. The lowest BCUT2D eigenvalue weighted by Gasteiger charge is -2.29. The van der Waals surface area contributed by atoms with Gasteiger partial charge in [-0.2, -0.15) is 5.10 Å². The Kier molecular flexibility index (Phi) is 3.59. The minimum atomic E-state index is -0.565. The lowest BCUT2D eigenvalue weighted by molar-refractivity contribution is 0.156. The second kappa shape index (κ2) is 5.52. The first-order valence-corrected chi connectivity index (χ1v) is 6.56. The number of benzene rings is 1. The average molecular weight is 258 g/mol. The second-order valence-corrected chi connectivity index (χ2v) is 4.81. The molecule has 1 saturated heterocycles. The standard InChI is InChI=1S/C14H18N4O/c19-14(13-9-15-5-6-16-13)11-7-10-3-1-2-4-12(10)18-17-8-11/h1-4,7-8,13-16,18-19H,5-6,9H2. The molecular formula is C14H18N4O. The smallest absolute Gasteiger partial charge is 0.0971 e. The van der Waals surface area contributed by atoms with E-state index in [4.69, 9.17) is 0 Å². The summed E-state index contributed by atoms with van der Waals surface area (Å²) >= 11 is 0. The number of nitrogens with zero attached hydrogens (tertiary/aromatic N) is 1. The lowest BCUT2D eigenvalue weighted by Crippen LogP contribution is -2.54. The Morgan fingerprint density at radius 2 is 2.16 bits per heavy atom. The van der Waals surface area contributed by atoms with Gasteiger partial charge in [-0.1, -0.05) is 18.2 Å². The molecule has 0 radical (unpaired) electrons. The summed E-state index contributed by atoms with van der Waals surface area (Å²) < 4.78 is 0. The number of nitrogens with one attached hydrogen (secondary N) is 3. The van der Waals surface area contributed by atoms with E-state index < -0.39 is 6.10 Å². The Bertz CT molecular complexity index is 506. The highest BCUT2D eigenvalue weighted by Gasteiger charge is 2.24. The quantitative estimate of drug-likeness (QED) is 0.620. The maximum Gasteiger partial charge on any atom is 0.0971 e. The van der Waals surface area contributed by atoms with E-state index in [1.807, 2.05) is 30.3 Å². The SMILES string of the molecule is OC(C1=Cc2ccccc2NN=C1)C1CNCCN1. The third kappa shape index (κ3) is 2.68. The van der Waals surface area contributed by atoms with E-state index in [9.17, 15) is 5.11 Å². The molecule has 2 heterocycles. The number of hydrogen-bond donors (Lipinski definition) is 4. The molecule has 5 heteroatoms. The zero-order valence-electron chi connectivity index (χ0n) is 10.6. The Morgan fingerprint density at radius 3 is 3.00 bits per heavy atom. The van der Waals surface area contributed by atoms with Crippen LogP contribution in [0.4, 0.5) is 5.69 Å². The molecule has 4 N–H and O–H groups in total. The van der Waals surface area contributed by atoms with Gasteiger partial charge in [0.2, 0.25) is 0 Å². The molecule has 1 aromatic carbocycles. The molecule has 0 bridgehead atoms. The average Bonchev–Trinajstić information content (AvgIpc) is 2.69. The Labute approximate surface area is 112 Å². The number of hydrogen-bond acceptors (Lipinski definition) is 5. The summed E-state index contributed by atoms with van der Waals surface area (Å²) in [7, 11) is 0. The number of fused-ring (bicyclic) bond motifs is 1. The van der Waals surface area contributed by atoms with Crippen LogP contribution in [-0.2, 0) is 0 Å². The summed E-state index contributed by atoms with van der Waals surface area (Å²) in [5.41, 5.74) is 5.80. The molecule has 0 aliphatic carbocycles. The number of aliphatic hydroxyl groups excluding tert-OH is 1. The highest BCUT2D eigenvalue weighted by atomic mass is 16.3. The topological polar surface area (TPSA) is 68.7 Å². The van der Waals surface area contributed by atoms with E-state index in [1.165, 1.54) is 0 Å². The minimum Gasteiger partial charge on any atom is -0.387 e. The third-order valence-corrected chi connectivity index (χ3v) is 3.48. The highest BCUT2D eigenvalue weighted by Crippen LogP contribution is 2.22. The van der Waals surface area contributed by atoms with E-state index in [1.54, 1.807) is 6.21 Å². The fourth-order valence-corrected chi connectivity index (χ4v) is 2.41. The van der Waals surface area contributed by atoms with Crippen molar-refractivity contribution in [3.8, 4) is 0 Å². The minimum absolute atomic E-state index is 0.0247. The van der Waals surface area contributed by atoms with Gasteiger partial charge >= 0.3 is 0 Å². The van der Waals surface area contributed by atoms with E-state index >= 15 is 0 Å². The molecule has 3 rings (SSSR count). The van der Waals surface area contributed by atoms with Crippen molar-refractivity contribution in [3.63, 3.8) is 0 Å². The summed E-state index contributed by atoms with van der Waals surface area (Å²) in [5.74, 6) is 0. The molecule has 2 aliphatic rings. The van der Waals surface area contributed by atoms with Crippen LogP contribution in [-0.4, -0.2) is 43.1 Å².